The summed E-state index contributed by atoms with van der Waals surface area (Å²) in [6.45, 7) is 0. The molecule has 1 heterocycles. The predicted octanol–water partition coefficient (Wildman–Crippen LogP) is 9.39. The van der Waals surface area contributed by atoms with E-state index in [1.54, 1.807) is 0 Å². The zero-order valence-corrected chi connectivity index (χ0v) is 19.0. The summed E-state index contributed by atoms with van der Waals surface area (Å²) in [5.74, 6) is 0. The SMILES string of the molecule is Clc1ccc2c3c4c5c(cc6ccccc6c5ccc4n(-c4ccccc4)c13)-c1ccccc1-2. The number of halogens is 1. The average molecular weight is 452 g/mol. The van der Waals surface area contributed by atoms with Crippen molar-refractivity contribution in [1.29, 1.82) is 0 Å². The van der Waals surface area contributed by atoms with Crippen molar-refractivity contribution >= 4 is 55.0 Å². The van der Waals surface area contributed by atoms with Crippen LogP contribution in [-0.4, -0.2) is 4.57 Å². The second kappa shape index (κ2) is 6.50. The second-order valence-corrected chi connectivity index (χ2v) is 9.47. The Morgan fingerprint density at radius 2 is 1.24 bits per heavy atom. The number of hydrogen-bond acceptors (Lipinski definition) is 0. The highest BCUT2D eigenvalue weighted by Gasteiger charge is 2.26. The molecule has 0 unspecified atom stereocenters. The van der Waals surface area contributed by atoms with Crippen LogP contribution in [0.4, 0.5) is 0 Å². The fourth-order valence-corrected chi connectivity index (χ4v) is 6.27. The van der Waals surface area contributed by atoms with Gasteiger partial charge in [0.2, 0.25) is 0 Å². The molecule has 0 radical (unpaired) electrons. The van der Waals surface area contributed by atoms with E-state index in [0.29, 0.717) is 0 Å². The van der Waals surface area contributed by atoms with Gasteiger partial charge >= 0.3 is 0 Å². The minimum absolute atomic E-state index is 0.772. The van der Waals surface area contributed by atoms with Crippen LogP contribution in [0.1, 0.15) is 0 Å². The van der Waals surface area contributed by atoms with Crippen LogP contribution in [-0.2, 0) is 0 Å². The molecule has 6 aromatic carbocycles. The molecule has 1 nitrogen and oxygen atoms in total. The molecule has 7 aromatic rings. The molecule has 0 fully saturated rings. The summed E-state index contributed by atoms with van der Waals surface area (Å²) in [5.41, 5.74) is 8.44. The summed E-state index contributed by atoms with van der Waals surface area (Å²) in [7, 11) is 0. The molecular weight excluding hydrogens is 434 g/mol. The van der Waals surface area contributed by atoms with Crippen LogP contribution in [0.3, 0.4) is 0 Å². The van der Waals surface area contributed by atoms with Gasteiger partial charge in [-0.3, -0.25) is 0 Å². The van der Waals surface area contributed by atoms with Gasteiger partial charge in [-0.25, -0.2) is 0 Å². The molecule has 0 N–H and O–H groups in total. The van der Waals surface area contributed by atoms with Gasteiger partial charge in [-0.05, 0) is 68.7 Å². The molecule has 2 heteroatoms. The van der Waals surface area contributed by atoms with Crippen molar-refractivity contribution in [3.05, 3.63) is 114 Å². The zero-order chi connectivity index (χ0) is 22.4. The first-order chi connectivity index (χ1) is 16.8. The van der Waals surface area contributed by atoms with Gasteiger partial charge in [0.05, 0.1) is 16.1 Å². The van der Waals surface area contributed by atoms with Crippen molar-refractivity contribution in [2.24, 2.45) is 0 Å². The quantitative estimate of drug-likeness (QED) is 0.219. The second-order valence-electron chi connectivity index (χ2n) is 9.06. The molecule has 8 rings (SSSR count). The number of hydrogen-bond donors (Lipinski definition) is 0. The lowest BCUT2D eigenvalue weighted by molar-refractivity contribution is 1.18. The highest BCUT2D eigenvalue weighted by Crippen LogP contribution is 2.52. The average Bonchev–Trinajstić information content (AvgIpc) is 3.19. The van der Waals surface area contributed by atoms with E-state index in [2.05, 4.69) is 114 Å². The number of benzene rings is 6. The van der Waals surface area contributed by atoms with Crippen molar-refractivity contribution in [2.45, 2.75) is 0 Å². The molecule has 1 aliphatic rings. The lowest BCUT2D eigenvalue weighted by Gasteiger charge is -2.15. The number of aromatic nitrogens is 1. The maximum atomic E-state index is 6.98. The molecule has 158 valence electrons. The van der Waals surface area contributed by atoms with E-state index in [-0.39, 0.29) is 0 Å². The third-order valence-corrected chi connectivity index (χ3v) is 7.67. The van der Waals surface area contributed by atoms with Gasteiger partial charge in [0.25, 0.3) is 0 Å². The van der Waals surface area contributed by atoms with Gasteiger partial charge in [0.15, 0.2) is 0 Å². The van der Waals surface area contributed by atoms with E-state index in [1.165, 1.54) is 60.1 Å². The zero-order valence-electron chi connectivity index (χ0n) is 18.2. The van der Waals surface area contributed by atoms with Crippen LogP contribution in [0.5, 0.6) is 0 Å². The van der Waals surface area contributed by atoms with E-state index in [9.17, 15) is 0 Å². The molecular formula is C32H18ClN. The minimum atomic E-state index is 0.772. The Bertz CT molecular complexity index is 1960. The number of fused-ring (bicyclic) bond motifs is 5. The van der Waals surface area contributed by atoms with Crippen LogP contribution >= 0.6 is 11.6 Å². The van der Waals surface area contributed by atoms with Gasteiger partial charge in [-0.15, -0.1) is 0 Å². The van der Waals surface area contributed by atoms with Crippen LogP contribution < -0.4 is 0 Å². The Balaban J connectivity index is 1.75. The molecule has 34 heavy (non-hydrogen) atoms. The standard InChI is InChI=1S/C32H18ClN/c33-27-16-14-25-22-12-6-7-13-23(22)26-18-19-8-4-5-11-21(19)24-15-17-28-31(29(24)26)30(25)32(27)34(28)20-9-2-1-3-10-20/h1-18H. The summed E-state index contributed by atoms with van der Waals surface area (Å²) in [5, 5.41) is 8.44. The maximum absolute atomic E-state index is 6.98. The summed E-state index contributed by atoms with van der Waals surface area (Å²) in [6.07, 6.45) is 0. The largest absolute Gasteiger partial charge is 0.308 e. The molecule has 0 spiro atoms. The Kier molecular flexibility index (Phi) is 3.51. The molecule has 1 aromatic heterocycles. The normalized spacial score (nSPS) is 12.3. The van der Waals surface area contributed by atoms with Crippen molar-refractivity contribution in [3.8, 4) is 27.9 Å². The summed E-state index contributed by atoms with van der Waals surface area (Å²) in [6, 6.07) is 39.3. The first kappa shape index (κ1) is 18.4. The molecule has 0 bridgehead atoms. The van der Waals surface area contributed by atoms with E-state index in [1.807, 2.05) is 0 Å². The highest BCUT2D eigenvalue weighted by atomic mass is 35.5. The minimum Gasteiger partial charge on any atom is -0.308 e. The maximum Gasteiger partial charge on any atom is 0.0733 e. The Hall–Kier alpha value is -4.07. The Labute approximate surface area is 201 Å². The van der Waals surface area contributed by atoms with E-state index >= 15 is 0 Å². The first-order valence-electron chi connectivity index (χ1n) is 11.6. The van der Waals surface area contributed by atoms with Crippen LogP contribution in [0.15, 0.2) is 109 Å². The lowest BCUT2D eigenvalue weighted by atomic mass is 9.90. The highest BCUT2D eigenvalue weighted by molar-refractivity contribution is 6.40. The van der Waals surface area contributed by atoms with Gasteiger partial charge in [0.1, 0.15) is 0 Å². The summed E-state index contributed by atoms with van der Waals surface area (Å²) in [4.78, 5) is 0. The van der Waals surface area contributed by atoms with Crippen LogP contribution in [0.25, 0.3) is 71.3 Å². The lowest BCUT2D eigenvalue weighted by Crippen LogP contribution is -1.95. The number of nitrogens with zero attached hydrogens (tertiary/aromatic N) is 1. The van der Waals surface area contributed by atoms with Gasteiger partial charge < -0.3 is 4.57 Å². The molecule has 0 aliphatic heterocycles. The van der Waals surface area contributed by atoms with Crippen molar-refractivity contribution in [1.82, 2.24) is 4.57 Å². The third kappa shape index (κ3) is 2.20. The smallest absolute Gasteiger partial charge is 0.0733 e. The third-order valence-electron chi connectivity index (χ3n) is 7.37. The molecule has 0 amide bonds. The monoisotopic (exact) mass is 451 g/mol. The van der Waals surface area contributed by atoms with E-state index < -0.39 is 0 Å². The predicted molar refractivity (Wildman–Crippen MR) is 145 cm³/mol. The van der Waals surface area contributed by atoms with Gasteiger partial charge in [0, 0.05) is 21.8 Å². The first-order valence-corrected chi connectivity index (χ1v) is 12.0. The Morgan fingerprint density at radius 3 is 2.09 bits per heavy atom. The molecule has 0 saturated heterocycles. The molecule has 1 aliphatic carbocycles. The summed E-state index contributed by atoms with van der Waals surface area (Å²) < 4.78 is 2.34. The Morgan fingerprint density at radius 1 is 0.500 bits per heavy atom. The van der Waals surface area contributed by atoms with Crippen molar-refractivity contribution < 1.29 is 0 Å². The van der Waals surface area contributed by atoms with Gasteiger partial charge in [-0.1, -0.05) is 90.5 Å². The van der Waals surface area contributed by atoms with Crippen LogP contribution in [0.2, 0.25) is 5.02 Å². The topological polar surface area (TPSA) is 4.93 Å². The molecule has 0 atom stereocenters. The number of rotatable bonds is 1. The summed E-state index contributed by atoms with van der Waals surface area (Å²) >= 11 is 6.98. The van der Waals surface area contributed by atoms with Crippen molar-refractivity contribution in [3.63, 3.8) is 0 Å². The fourth-order valence-electron chi connectivity index (χ4n) is 6.02. The number of para-hydroxylation sites is 1. The van der Waals surface area contributed by atoms with Crippen molar-refractivity contribution in [2.75, 3.05) is 0 Å². The molecule has 0 saturated carbocycles. The van der Waals surface area contributed by atoms with Gasteiger partial charge in [-0.2, -0.15) is 0 Å². The fraction of sp³-hybridized carbons (Fsp3) is 0. The van der Waals surface area contributed by atoms with Crippen LogP contribution in [0, 0.1) is 0 Å². The van der Waals surface area contributed by atoms with E-state index in [4.69, 9.17) is 11.6 Å². The van der Waals surface area contributed by atoms with E-state index in [0.717, 1.165) is 16.2 Å².